The van der Waals surface area contributed by atoms with E-state index in [-0.39, 0.29) is 29.5 Å². The molecule has 0 aliphatic carbocycles. The average molecular weight is 482 g/mol. The lowest BCUT2D eigenvalue weighted by atomic mass is 10.0. The zero-order chi connectivity index (χ0) is 24.7. The van der Waals surface area contributed by atoms with Gasteiger partial charge < -0.3 is 19.9 Å². The van der Waals surface area contributed by atoms with Crippen molar-refractivity contribution in [1.29, 1.82) is 0 Å². The number of para-hydroxylation sites is 1. The molecule has 1 aromatic heterocycles. The summed E-state index contributed by atoms with van der Waals surface area (Å²) in [5, 5.41) is 15.2. The molecular formula is C25H31N5O3S. The number of hydrogen-bond acceptors (Lipinski definition) is 6. The second kappa shape index (κ2) is 11.7. The molecule has 180 valence electrons. The van der Waals surface area contributed by atoms with Gasteiger partial charge in [-0.3, -0.25) is 9.59 Å². The number of benzene rings is 2. The van der Waals surface area contributed by atoms with Crippen LogP contribution in [0, 0.1) is 5.92 Å². The van der Waals surface area contributed by atoms with Crippen LogP contribution in [0.4, 0.5) is 5.69 Å². The molecule has 0 aliphatic heterocycles. The van der Waals surface area contributed by atoms with E-state index in [1.165, 1.54) is 11.8 Å². The average Bonchev–Trinajstić information content (AvgIpc) is 3.21. The van der Waals surface area contributed by atoms with E-state index < -0.39 is 0 Å². The highest BCUT2D eigenvalue weighted by molar-refractivity contribution is 7.99. The Morgan fingerprint density at radius 3 is 2.44 bits per heavy atom. The molecule has 2 amide bonds. The Morgan fingerprint density at radius 1 is 1.09 bits per heavy atom. The predicted octanol–water partition coefficient (Wildman–Crippen LogP) is 4.24. The van der Waals surface area contributed by atoms with Crippen molar-refractivity contribution in [3.8, 4) is 5.75 Å². The van der Waals surface area contributed by atoms with Gasteiger partial charge in [0.1, 0.15) is 5.75 Å². The number of ether oxygens (including phenoxy) is 1. The molecule has 0 bridgehead atoms. The summed E-state index contributed by atoms with van der Waals surface area (Å²) in [6.45, 7) is 6.08. The summed E-state index contributed by atoms with van der Waals surface area (Å²) in [5.74, 6) is 1.30. The first-order valence-corrected chi connectivity index (χ1v) is 12.2. The molecule has 0 radical (unpaired) electrons. The smallest absolute Gasteiger partial charge is 0.251 e. The maximum absolute atomic E-state index is 12.8. The third-order valence-corrected chi connectivity index (χ3v) is 6.48. The fourth-order valence-corrected chi connectivity index (χ4v) is 4.20. The molecule has 0 saturated carbocycles. The minimum absolute atomic E-state index is 0.0804. The van der Waals surface area contributed by atoms with Crippen molar-refractivity contribution >= 4 is 29.3 Å². The molecule has 0 unspecified atom stereocenters. The minimum Gasteiger partial charge on any atom is -0.497 e. The van der Waals surface area contributed by atoms with Crippen LogP contribution in [0.1, 0.15) is 48.6 Å². The Hall–Kier alpha value is -3.33. The van der Waals surface area contributed by atoms with Gasteiger partial charge in [-0.15, -0.1) is 10.2 Å². The number of rotatable bonds is 10. The summed E-state index contributed by atoms with van der Waals surface area (Å²) < 4.78 is 6.99. The van der Waals surface area contributed by atoms with E-state index in [0.29, 0.717) is 22.3 Å². The number of aryl methyl sites for hydroxylation is 1. The highest BCUT2D eigenvalue weighted by Gasteiger charge is 2.25. The summed E-state index contributed by atoms with van der Waals surface area (Å²) >= 11 is 1.31. The summed E-state index contributed by atoms with van der Waals surface area (Å²) in [7, 11) is 3.43. The van der Waals surface area contributed by atoms with Crippen molar-refractivity contribution in [2.45, 2.75) is 38.4 Å². The Balaban J connectivity index is 1.66. The fraction of sp³-hybridized carbons (Fsp3) is 0.360. The number of nitrogens with one attached hydrogen (secondary N) is 2. The number of anilines is 1. The third kappa shape index (κ3) is 6.17. The molecule has 34 heavy (non-hydrogen) atoms. The third-order valence-electron chi connectivity index (χ3n) is 5.46. The number of aromatic nitrogens is 3. The van der Waals surface area contributed by atoms with E-state index in [9.17, 15) is 9.59 Å². The lowest BCUT2D eigenvalue weighted by molar-refractivity contribution is -0.113. The zero-order valence-corrected chi connectivity index (χ0v) is 21.0. The van der Waals surface area contributed by atoms with E-state index in [1.807, 2.05) is 49.7 Å². The van der Waals surface area contributed by atoms with Gasteiger partial charge in [-0.05, 0) is 48.2 Å². The van der Waals surface area contributed by atoms with Gasteiger partial charge in [-0.25, -0.2) is 0 Å². The van der Waals surface area contributed by atoms with Crippen LogP contribution in [-0.2, 0) is 18.3 Å². The van der Waals surface area contributed by atoms with Crippen LogP contribution in [-0.4, -0.2) is 39.4 Å². The molecule has 9 heteroatoms. The van der Waals surface area contributed by atoms with E-state index in [0.717, 1.165) is 17.7 Å². The summed E-state index contributed by atoms with van der Waals surface area (Å²) in [6.07, 6.45) is 0.842. The molecule has 3 rings (SSSR count). The normalized spacial score (nSPS) is 11.8. The first-order chi connectivity index (χ1) is 16.3. The number of thioether (sulfide) groups is 1. The van der Waals surface area contributed by atoms with Gasteiger partial charge in [-0.1, -0.05) is 50.7 Å². The van der Waals surface area contributed by atoms with Crippen LogP contribution in [0.5, 0.6) is 5.75 Å². The van der Waals surface area contributed by atoms with Crippen molar-refractivity contribution in [2.24, 2.45) is 13.0 Å². The molecule has 0 saturated heterocycles. The number of amides is 2. The largest absolute Gasteiger partial charge is 0.497 e. The van der Waals surface area contributed by atoms with E-state index in [2.05, 4.69) is 27.8 Å². The molecule has 1 heterocycles. The fourth-order valence-electron chi connectivity index (χ4n) is 3.49. The van der Waals surface area contributed by atoms with Crippen molar-refractivity contribution < 1.29 is 14.3 Å². The van der Waals surface area contributed by atoms with E-state index in [1.54, 1.807) is 31.4 Å². The molecule has 0 aliphatic rings. The van der Waals surface area contributed by atoms with Gasteiger partial charge in [-0.2, -0.15) is 0 Å². The number of carbonyl (C=O) groups is 2. The quantitative estimate of drug-likeness (QED) is 0.420. The Morgan fingerprint density at radius 2 is 1.79 bits per heavy atom. The minimum atomic E-state index is -0.341. The van der Waals surface area contributed by atoms with Crippen LogP contribution < -0.4 is 15.4 Å². The van der Waals surface area contributed by atoms with Gasteiger partial charge >= 0.3 is 0 Å². The Labute approximate surface area is 204 Å². The van der Waals surface area contributed by atoms with Gasteiger partial charge in [0.15, 0.2) is 11.0 Å². The van der Waals surface area contributed by atoms with Crippen LogP contribution in [0.15, 0.2) is 53.7 Å². The SMILES string of the molecule is CCc1ccccc1NC(=O)CSc1nnc([C@@H](NC(=O)c2ccc(OC)cc2)C(C)C)n1C. The van der Waals surface area contributed by atoms with Gasteiger partial charge in [0.25, 0.3) is 5.91 Å². The summed E-state index contributed by atoms with van der Waals surface area (Å²) in [6, 6.07) is 14.4. The molecule has 2 aromatic carbocycles. The maximum Gasteiger partial charge on any atom is 0.251 e. The van der Waals surface area contributed by atoms with Gasteiger partial charge in [0.05, 0.1) is 18.9 Å². The lowest BCUT2D eigenvalue weighted by Gasteiger charge is -2.21. The van der Waals surface area contributed by atoms with E-state index in [4.69, 9.17) is 4.74 Å². The van der Waals surface area contributed by atoms with Crippen molar-refractivity contribution in [1.82, 2.24) is 20.1 Å². The van der Waals surface area contributed by atoms with Crippen molar-refractivity contribution in [2.75, 3.05) is 18.2 Å². The van der Waals surface area contributed by atoms with Crippen LogP contribution in [0.3, 0.4) is 0 Å². The maximum atomic E-state index is 12.8. The molecule has 1 atom stereocenters. The van der Waals surface area contributed by atoms with Crippen molar-refractivity contribution in [3.05, 3.63) is 65.5 Å². The number of carbonyl (C=O) groups excluding carboxylic acids is 2. The lowest BCUT2D eigenvalue weighted by Crippen LogP contribution is -2.33. The number of methoxy groups -OCH3 is 1. The second-order valence-corrected chi connectivity index (χ2v) is 9.11. The molecule has 3 aromatic rings. The van der Waals surface area contributed by atoms with Crippen LogP contribution in [0.2, 0.25) is 0 Å². The molecular weight excluding hydrogens is 450 g/mol. The highest BCUT2D eigenvalue weighted by atomic mass is 32.2. The Bertz CT molecular complexity index is 1130. The summed E-state index contributed by atoms with van der Waals surface area (Å²) in [4.78, 5) is 25.3. The number of hydrogen-bond donors (Lipinski definition) is 2. The highest BCUT2D eigenvalue weighted by Crippen LogP contribution is 2.25. The topological polar surface area (TPSA) is 98.1 Å². The standard InChI is InChI=1S/C25H31N5O3S/c1-6-17-9-7-8-10-20(17)26-21(31)15-34-25-29-28-23(30(25)4)22(16(2)3)27-24(32)18-11-13-19(33-5)14-12-18/h7-14,16,22H,6,15H2,1-5H3,(H,26,31)(H,27,32)/t22-/m0/s1. The molecule has 0 fully saturated rings. The second-order valence-electron chi connectivity index (χ2n) is 8.17. The summed E-state index contributed by atoms with van der Waals surface area (Å²) in [5.41, 5.74) is 2.46. The first kappa shape index (κ1) is 25.3. The van der Waals surface area contributed by atoms with Gasteiger partial charge in [0.2, 0.25) is 5.91 Å². The predicted molar refractivity (Wildman–Crippen MR) is 134 cm³/mol. The van der Waals surface area contributed by atoms with Crippen LogP contribution in [0.25, 0.3) is 0 Å². The molecule has 8 nitrogen and oxygen atoms in total. The van der Waals surface area contributed by atoms with Gasteiger partial charge in [0, 0.05) is 18.3 Å². The van der Waals surface area contributed by atoms with Crippen molar-refractivity contribution in [3.63, 3.8) is 0 Å². The monoisotopic (exact) mass is 481 g/mol. The van der Waals surface area contributed by atoms with Crippen LogP contribution >= 0.6 is 11.8 Å². The number of nitrogens with zero attached hydrogens (tertiary/aromatic N) is 3. The molecule has 2 N–H and O–H groups in total. The zero-order valence-electron chi connectivity index (χ0n) is 20.2. The van der Waals surface area contributed by atoms with E-state index >= 15 is 0 Å². The molecule has 0 spiro atoms. The Kier molecular flexibility index (Phi) is 8.70. The first-order valence-electron chi connectivity index (χ1n) is 11.2.